The van der Waals surface area contributed by atoms with Crippen LogP contribution in [0.25, 0.3) is 0 Å². The minimum absolute atomic E-state index is 0.0425. The van der Waals surface area contributed by atoms with Crippen LogP contribution in [0.5, 0.6) is 11.5 Å². The molecule has 0 saturated carbocycles. The minimum Gasteiger partial charge on any atom is -0.493 e. The van der Waals surface area contributed by atoms with E-state index in [2.05, 4.69) is 4.99 Å². The summed E-state index contributed by atoms with van der Waals surface area (Å²) in [6.07, 6.45) is 0.783. The van der Waals surface area contributed by atoms with Gasteiger partial charge in [0, 0.05) is 49.6 Å². The van der Waals surface area contributed by atoms with Gasteiger partial charge in [-0.2, -0.15) is 0 Å². The van der Waals surface area contributed by atoms with Crippen LogP contribution in [-0.2, 0) is 6.42 Å². The zero-order valence-corrected chi connectivity index (χ0v) is 15.3. The first-order valence-corrected chi connectivity index (χ1v) is 8.22. The van der Waals surface area contributed by atoms with Crippen LogP contribution >= 0.6 is 0 Å². The Hall–Kier alpha value is -3.09. The molecule has 26 heavy (non-hydrogen) atoms. The Morgan fingerprint density at radius 2 is 1.77 bits per heavy atom. The monoisotopic (exact) mass is 355 g/mol. The molecule has 0 amide bonds. The van der Waals surface area contributed by atoms with Crippen molar-refractivity contribution < 1.29 is 14.4 Å². The van der Waals surface area contributed by atoms with Gasteiger partial charge in [-0.15, -0.1) is 0 Å². The molecule has 0 unspecified atom stereocenters. The number of non-ortho nitro benzene ring substituents is 1. The van der Waals surface area contributed by atoms with E-state index in [0.29, 0.717) is 18.0 Å². The Balaban J connectivity index is 2.22. The fourth-order valence-corrected chi connectivity index (χ4v) is 3.17. The highest BCUT2D eigenvalue weighted by Gasteiger charge is 2.24. The van der Waals surface area contributed by atoms with Gasteiger partial charge in [0.05, 0.1) is 24.9 Å². The summed E-state index contributed by atoms with van der Waals surface area (Å²) in [5.74, 6) is 1.28. The fourth-order valence-electron chi connectivity index (χ4n) is 3.17. The molecule has 1 aliphatic rings. The van der Waals surface area contributed by atoms with Crippen molar-refractivity contribution in [3.63, 3.8) is 0 Å². The third kappa shape index (κ3) is 3.08. The number of nitro benzene ring substituents is 1. The van der Waals surface area contributed by atoms with Crippen LogP contribution in [0.3, 0.4) is 0 Å². The molecule has 7 heteroatoms. The smallest absolute Gasteiger partial charge is 0.270 e. The van der Waals surface area contributed by atoms with E-state index in [1.165, 1.54) is 6.07 Å². The standard InChI is InChI=1S/C19H21N3O4/c1-21(2)16-6-5-13(22(23)24)10-15(16)19-14-11-18(26-4)17(25-3)9-12(14)7-8-20-19/h5-6,9-11H,7-8H2,1-4H3. The summed E-state index contributed by atoms with van der Waals surface area (Å²) in [4.78, 5) is 17.5. The number of ether oxygens (including phenoxy) is 2. The second kappa shape index (κ2) is 7.03. The minimum atomic E-state index is -0.387. The zero-order valence-electron chi connectivity index (χ0n) is 15.3. The molecule has 7 nitrogen and oxygen atoms in total. The van der Waals surface area contributed by atoms with Crippen molar-refractivity contribution >= 4 is 17.1 Å². The Bertz CT molecular complexity index is 891. The molecule has 0 N–H and O–H groups in total. The van der Waals surface area contributed by atoms with Crippen molar-refractivity contribution in [3.05, 3.63) is 57.1 Å². The molecule has 3 rings (SSSR count). The summed E-state index contributed by atoms with van der Waals surface area (Å²) in [6.45, 7) is 0.618. The molecule has 1 heterocycles. The predicted octanol–water partition coefficient (Wildman–Crippen LogP) is 3.07. The Morgan fingerprint density at radius 1 is 1.08 bits per heavy atom. The van der Waals surface area contributed by atoms with Gasteiger partial charge in [0.2, 0.25) is 0 Å². The van der Waals surface area contributed by atoms with Gasteiger partial charge in [-0.3, -0.25) is 15.1 Å². The highest BCUT2D eigenvalue weighted by atomic mass is 16.6. The summed E-state index contributed by atoms with van der Waals surface area (Å²) in [6, 6.07) is 8.70. The number of benzene rings is 2. The predicted molar refractivity (Wildman–Crippen MR) is 101 cm³/mol. The topological polar surface area (TPSA) is 77.2 Å². The average Bonchev–Trinajstić information content (AvgIpc) is 2.65. The first-order valence-electron chi connectivity index (χ1n) is 8.22. The molecule has 0 saturated heterocycles. The number of rotatable bonds is 5. The lowest BCUT2D eigenvalue weighted by Gasteiger charge is -2.23. The number of aliphatic imine (C=N–C) groups is 1. The van der Waals surface area contributed by atoms with Crippen LogP contribution < -0.4 is 14.4 Å². The molecule has 0 atom stereocenters. The number of nitrogens with zero attached hydrogens (tertiary/aromatic N) is 3. The fraction of sp³-hybridized carbons (Fsp3) is 0.316. The van der Waals surface area contributed by atoms with Gasteiger partial charge in [-0.25, -0.2) is 0 Å². The van der Waals surface area contributed by atoms with Gasteiger partial charge in [0.1, 0.15) is 0 Å². The van der Waals surface area contributed by atoms with Crippen LogP contribution in [0.1, 0.15) is 16.7 Å². The maximum Gasteiger partial charge on any atom is 0.270 e. The van der Waals surface area contributed by atoms with Crippen molar-refractivity contribution in [3.8, 4) is 11.5 Å². The molecular weight excluding hydrogens is 334 g/mol. The average molecular weight is 355 g/mol. The van der Waals surface area contributed by atoms with E-state index >= 15 is 0 Å². The van der Waals surface area contributed by atoms with Crippen LogP contribution in [-0.4, -0.2) is 45.5 Å². The summed E-state index contributed by atoms with van der Waals surface area (Å²) >= 11 is 0. The van der Waals surface area contributed by atoms with Crippen molar-refractivity contribution in [1.82, 2.24) is 0 Å². The lowest BCUT2D eigenvalue weighted by molar-refractivity contribution is -0.384. The maximum atomic E-state index is 11.3. The van der Waals surface area contributed by atoms with Crippen molar-refractivity contribution in [1.29, 1.82) is 0 Å². The number of hydrogen-bond donors (Lipinski definition) is 0. The molecule has 2 aromatic carbocycles. The first-order chi connectivity index (χ1) is 12.5. The third-order valence-corrected chi connectivity index (χ3v) is 4.44. The van der Waals surface area contributed by atoms with Crippen molar-refractivity contribution in [2.24, 2.45) is 4.99 Å². The molecule has 0 fully saturated rings. The molecule has 2 aromatic rings. The quantitative estimate of drug-likeness (QED) is 0.608. The van der Waals surface area contributed by atoms with Crippen LogP contribution in [0.2, 0.25) is 0 Å². The zero-order chi connectivity index (χ0) is 18.8. The summed E-state index contributed by atoms with van der Waals surface area (Å²) in [7, 11) is 7.00. The third-order valence-electron chi connectivity index (χ3n) is 4.44. The Kier molecular flexibility index (Phi) is 4.79. The normalized spacial score (nSPS) is 12.8. The second-order valence-corrected chi connectivity index (χ2v) is 6.20. The van der Waals surface area contributed by atoms with E-state index < -0.39 is 0 Å². The summed E-state index contributed by atoms with van der Waals surface area (Å²) in [5.41, 5.74) is 4.39. The molecular formula is C19H21N3O4. The highest BCUT2D eigenvalue weighted by molar-refractivity contribution is 6.17. The van der Waals surface area contributed by atoms with Crippen molar-refractivity contribution in [2.45, 2.75) is 6.42 Å². The molecule has 0 radical (unpaired) electrons. The number of fused-ring (bicyclic) bond motifs is 1. The summed E-state index contributed by atoms with van der Waals surface area (Å²) < 4.78 is 10.8. The van der Waals surface area contributed by atoms with E-state index in [-0.39, 0.29) is 10.6 Å². The van der Waals surface area contributed by atoms with E-state index in [4.69, 9.17) is 9.47 Å². The maximum absolute atomic E-state index is 11.3. The molecule has 136 valence electrons. The van der Waals surface area contributed by atoms with E-state index in [9.17, 15) is 10.1 Å². The van der Waals surface area contributed by atoms with Gasteiger partial charge in [0.15, 0.2) is 11.5 Å². The molecule has 0 aromatic heterocycles. The van der Waals surface area contributed by atoms with Crippen LogP contribution in [0.4, 0.5) is 11.4 Å². The van der Waals surface area contributed by atoms with Gasteiger partial charge in [0.25, 0.3) is 5.69 Å². The van der Waals surface area contributed by atoms with Gasteiger partial charge >= 0.3 is 0 Å². The van der Waals surface area contributed by atoms with Crippen LogP contribution in [0.15, 0.2) is 35.3 Å². The van der Waals surface area contributed by atoms with Crippen molar-refractivity contribution in [2.75, 3.05) is 39.8 Å². The number of anilines is 1. The van der Waals surface area contributed by atoms with Crippen LogP contribution in [0, 0.1) is 10.1 Å². The summed E-state index contributed by atoms with van der Waals surface area (Å²) in [5, 5.41) is 11.3. The lowest BCUT2D eigenvalue weighted by Crippen LogP contribution is -2.19. The van der Waals surface area contributed by atoms with Gasteiger partial charge in [-0.1, -0.05) is 0 Å². The highest BCUT2D eigenvalue weighted by Crippen LogP contribution is 2.36. The molecule has 0 bridgehead atoms. The Labute approximate surface area is 152 Å². The first kappa shape index (κ1) is 17.7. The Morgan fingerprint density at radius 3 is 2.38 bits per heavy atom. The van der Waals surface area contributed by atoms with E-state index in [1.807, 2.05) is 31.1 Å². The van der Waals surface area contributed by atoms with E-state index in [1.54, 1.807) is 26.4 Å². The molecule has 1 aliphatic heterocycles. The number of nitro groups is 1. The van der Waals surface area contributed by atoms with E-state index in [0.717, 1.165) is 34.5 Å². The van der Waals surface area contributed by atoms with Gasteiger partial charge in [-0.05, 0) is 30.2 Å². The SMILES string of the molecule is COc1cc2c(cc1OC)C(c1cc([N+](=O)[O-])ccc1N(C)C)=NCC2. The molecule has 0 spiro atoms. The number of hydrogen-bond acceptors (Lipinski definition) is 6. The van der Waals surface area contributed by atoms with Gasteiger partial charge < -0.3 is 14.4 Å². The lowest BCUT2D eigenvalue weighted by atomic mass is 9.91. The largest absolute Gasteiger partial charge is 0.493 e. The number of methoxy groups -OCH3 is 2. The molecule has 0 aliphatic carbocycles. The second-order valence-electron chi connectivity index (χ2n) is 6.20.